The van der Waals surface area contributed by atoms with Crippen LogP contribution in [-0.4, -0.2) is 15.5 Å². The molecule has 0 bridgehead atoms. The molecule has 0 saturated carbocycles. The molecule has 22 heavy (non-hydrogen) atoms. The lowest BCUT2D eigenvalue weighted by Gasteiger charge is -2.11. The highest BCUT2D eigenvalue weighted by molar-refractivity contribution is 7.89. The summed E-state index contributed by atoms with van der Waals surface area (Å²) in [5.41, 5.74) is 1.96. The zero-order valence-corrected chi connectivity index (χ0v) is 14.4. The van der Waals surface area contributed by atoms with Crippen molar-refractivity contribution in [2.75, 3.05) is 7.11 Å². The summed E-state index contributed by atoms with van der Waals surface area (Å²) < 4.78 is 32.2. The molecule has 0 fully saturated rings. The van der Waals surface area contributed by atoms with Gasteiger partial charge >= 0.3 is 0 Å². The highest BCUT2D eigenvalue weighted by atomic mass is 35.5. The largest absolute Gasteiger partial charge is 0.495 e. The molecule has 2 aromatic rings. The van der Waals surface area contributed by atoms with E-state index >= 15 is 0 Å². The van der Waals surface area contributed by atoms with Crippen LogP contribution in [0.2, 0.25) is 10.0 Å². The Labute approximate surface area is 140 Å². The fourth-order valence-corrected chi connectivity index (χ4v) is 3.70. The van der Waals surface area contributed by atoms with Crippen LogP contribution < -0.4 is 9.46 Å². The van der Waals surface area contributed by atoms with Crippen LogP contribution in [0.15, 0.2) is 41.3 Å². The second-order valence-electron chi connectivity index (χ2n) is 4.73. The van der Waals surface area contributed by atoms with Crippen LogP contribution in [0.1, 0.15) is 11.1 Å². The van der Waals surface area contributed by atoms with Crippen molar-refractivity contribution in [3.63, 3.8) is 0 Å². The molecule has 2 rings (SSSR count). The van der Waals surface area contributed by atoms with Gasteiger partial charge in [0.05, 0.1) is 17.2 Å². The van der Waals surface area contributed by atoms with Gasteiger partial charge in [0, 0.05) is 12.6 Å². The second kappa shape index (κ2) is 6.87. The highest BCUT2D eigenvalue weighted by Crippen LogP contribution is 2.33. The molecule has 0 aliphatic rings. The van der Waals surface area contributed by atoms with E-state index in [0.29, 0.717) is 5.75 Å². The van der Waals surface area contributed by atoms with Gasteiger partial charge in [-0.05, 0) is 18.6 Å². The van der Waals surface area contributed by atoms with Crippen molar-refractivity contribution in [2.45, 2.75) is 18.4 Å². The Bertz CT molecular complexity index is 774. The van der Waals surface area contributed by atoms with Gasteiger partial charge in [0.2, 0.25) is 10.0 Å². The Hall–Kier alpha value is -1.27. The number of benzene rings is 2. The lowest BCUT2D eigenvalue weighted by molar-refractivity contribution is 0.414. The molecule has 0 radical (unpaired) electrons. The summed E-state index contributed by atoms with van der Waals surface area (Å²) in [6, 6.07) is 10.2. The van der Waals surface area contributed by atoms with E-state index in [0.717, 1.165) is 11.1 Å². The minimum atomic E-state index is -3.77. The highest BCUT2D eigenvalue weighted by Gasteiger charge is 2.20. The van der Waals surface area contributed by atoms with Crippen LogP contribution in [0.3, 0.4) is 0 Å². The summed E-state index contributed by atoms with van der Waals surface area (Å²) in [6.07, 6.45) is 0. The van der Waals surface area contributed by atoms with Gasteiger partial charge in [-0.25, -0.2) is 13.1 Å². The number of aryl methyl sites for hydroxylation is 1. The first-order valence-electron chi connectivity index (χ1n) is 6.42. The zero-order chi connectivity index (χ0) is 16.3. The average molecular weight is 360 g/mol. The molecule has 7 heteroatoms. The van der Waals surface area contributed by atoms with Gasteiger partial charge in [-0.3, -0.25) is 0 Å². The number of halogens is 2. The number of hydrogen-bond acceptors (Lipinski definition) is 3. The number of hydrogen-bond donors (Lipinski definition) is 1. The van der Waals surface area contributed by atoms with E-state index in [-0.39, 0.29) is 21.5 Å². The predicted octanol–water partition coefficient (Wildman–Crippen LogP) is 3.79. The average Bonchev–Trinajstić information content (AvgIpc) is 2.48. The van der Waals surface area contributed by atoms with Crippen LogP contribution in [0.5, 0.6) is 5.75 Å². The number of rotatable bonds is 5. The van der Waals surface area contributed by atoms with Gasteiger partial charge in [0.15, 0.2) is 0 Å². The Kier molecular flexibility index (Phi) is 5.34. The number of sulfonamides is 1. The summed E-state index contributed by atoms with van der Waals surface area (Å²) in [4.78, 5) is -0.0768. The molecule has 0 amide bonds. The summed E-state index contributed by atoms with van der Waals surface area (Å²) >= 11 is 12.0. The Morgan fingerprint density at radius 2 is 1.73 bits per heavy atom. The molecule has 0 aliphatic heterocycles. The van der Waals surface area contributed by atoms with Crippen molar-refractivity contribution in [3.8, 4) is 5.75 Å². The van der Waals surface area contributed by atoms with E-state index in [1.807, 2.05) is 31.2 Å². The molecule has 2 aromatic carbocycles. The third-order valence-electron chi connectivity index (χ3n) is 3.08. The van der Waals surface area contributed by atoms with Gasteiger partial charge in [0.25, 0.3) is 0 Å². The van der Waals surface area contributed by atoms with Crippen molar-refractivity contribution in [1.29, 1.82) is 0 Å². The van der Waals surface area contributed by atoms with Gasteiger partial charge in [-0.15, -0.1) is 0 Å². The quantitative estimate of drug-likeness (QED) is 0.883. The maximum atomic E-state index is 12.4. The second-order valence-corrected chi connectivity index (χ2v) is 7.28. The van der Waals surface area contributed by atoms with Crippen LogP contribution in [0.25, 0.3) is 0 Å². The minimum Gasteiger partial charge on any atom is -0.495 e. The first kappa shape index (κ1) is 17.1. The van der Waals surface area contributed by atoms with Gasteiger partial charge in [-0.2, -0.15) is 0 Å². The maximum Gasteiger partial charge on any atom is 0.242 e. The van der Waals surface area contributed by atoms with E-state index < -0.39 is 10.0 Å². The van der Waals surface area contributed by atoms with Crippen LogP contribution in [0, 0.1) is 6.92 Å². The molecule has 118 valence electrons. The molecular weight excluding hydrogens is 345 g/mol. The van der Waals surface area contributed by atoms with Gasteiger partial charge in [-0.1, -0.05) is 53.0 Å². The van der Waals surface area contributed by atoms with Crippen molar-refractivity contribution >= 4 is 33.2 Å². The van der Waals surface area contributed by atoms with Crippen LogP contribution in [-0.2, 0) is 16.6 Å². The zero-order valence-electron chi connectivity index (χ0n) is 12.1. The molecule has 0 atom stereocenters. The van der Waals surface area contributed by atoms with Crippen molar-refractivity contribution in [1.82, 2.24) is 4.72 Å². The fourth-order valence-electron chi connectivity index (χ4n) is 1.83. The smallest absolute Gasteiger partial charge is 0.242 e. The number of ether oxygens (including phenoxy) is 1. The lowest BCUT2D eigenvalue weighted by Crippen LogP contribution is -2.23. The van der Waals surface area contributed by atoms with E-state index in [9.17, 15) is 8.42 Å². The Balaban J connectivity index is 2.23. The molecular formula is C15H15Cl2NO3S. The SMILES string of the molecule is COc1cc(Cl)c(S(=O)(=O)NCc2ccc(C)cc2)cc1Cl. The minimum absolute atomic E-state index is 0.0534. The van der Waals surface area contributed by atoms with Gasteiger partial charge < -0.3 is 4.74 Å². The predicted molar refractivity (Wildman–Crippen MR) is 88.2 cm³/mol. The summed E-state index contributed by atoms with van der Waals surface area (Å²) in [6.45, 7) is 2.13. The standard InChI is InChI=1S/C15H15Cl2NO3S/c1-10-3-5-11(6-4-10)9-18-22(19,20)15-8-12(16)14(21-2)7-13(15)17/h3-8,18H,9H2,1-2H3. The fraction of sp³-hybridized carbons (Fsp3) is 0.200. The molecule has 0 spiro atoms. The van der Waals surface area contributed by atoms with Crippen LogP contribution in [0.4, 0.5) is 0 Å². The topological polar surface area (TPSA) is 55.4 Å². The first-order valence-corrected chi connectivity index (χ1v) is 8.65. The third-order valence-corrected chi connectivity index (χ3v) is 5.24. The van der Waals surface area contributed by atoms with E-state index in [2.05, 4.69) is 4.72 Å². The summed E-state index contributed by atoms with van der Waals surface area (Å²) in [5.74, 6) is 0.323. The van der Waals surface area contributed by atoms with Gasteiger partial charge in [0.1, 0.15) is 10.6 Å². The van der Waals surface area contributed by atoms with Crippen LogP contribution >= 0.6 is 23.2 Å². The first-order chi connectivity index (χ1) is 10.3. The summed E-state index contributed by atoms with van der Waals surface area (Å²) in [5, 5.41) is 0.236. The molecule has 1 N–H and O–H groups in total. The molecule has 4 nitrogen and oxygen atoms in total. The summed E-state index contributed by atoms with van der Waals surface area (Å²) in [7, 11) is -2.34. The van der Waals surface area contributed by atoms with Crippen molar-refractivity contribution in [2.24, 2.45) is 0 Å². The molecule has 0 unspecified atom stereocenters. The Morgan fingerprint density at radius 1 is 1.09 bits per heavy atom. The van der Waals surface area contributed by atoms with Crippen molar-refractivity contribution < 1.29 is 13.2 Å². The molecule has 0 aromatic heterocycles. The monoisotopic (exact) mass is 359 g/mol. The molecule has 0 aliphatic carbocycles. The van der Waals surface area contributed by atoms with E-state index in [1.165, 1.54) is 19.2 Å². The Morgan fingerprint density at radius 3 is 2.32 bits per heavy atom. The number of nitrogens with one attached hydrogen (secondary N) is 1. The number of methoxy groups -OCH3 is 1. The maximum absolute atomic E-state index is 12.4. The normalized spacial score (nSPS) is 11.5. The van der Waals surface area contributed by atoms with E-state index in [1.54, 1.807) is 0 Å². The molecule has 0 saturated heterocycles. The molecule has 0 heterocycles. The third kappa shape index (κ3) is 3.93. The van der Waals surface area contributed by atoms with Crippen molar-refractivity contribution in [3.05, 3.63) is 57.6 Å². The van der Waals surface area contributed by atoms with E-state index in [4.69, 9.17) is 27.9 Å². The lowest BCUT2D eigenvalue weighted by atomic mass is 10.2.